The van der Waals surface area contributed by atoms with Crippen molar-refractivity contribution in [3.8, 4) is 17.2 Å². The van der Waals surface area contributed by atoms with Crippen LogP contribution in [0, 0.1) is 23.1 Å². The Kier molecular flexibility index (Phi) is 4.39. The summed E-state index contributed by atoms with van der Waals surface area (Å²) in [6, 6.07) is 26.5. The van der Waals surface area contributed by atoms with Gasteiger partial charge in [0.15, 0.2) is 0 Å². The van der Waals surface area contributed by atoms with Crippen molar-refractivity contribution < 1.29 is 9.23 Å². The highest BCUT2D eigenvalue weighted by atomic mass is 19.1. The lowest BCUT2D eigenvalue weighted by Gasteiger charge is -2.26. The molecule has 0 aliphatic carbocycles. The number of nitriles is 1. The number of hydroxylamine groups is 1. The molecule has 0 amide bonds. The maximum atomic E-state index is 13.2. The molecule has 1 aliphatic rings. The van der Waals surface area contributed by atoms with Gasteiger partial charge in [0.2, 0.25) is 0 Å². The molecule has 0 bridgehead atoms. The molecule has 0 N–H and O–H groups in total. The third-order valence-corrected chi connectivity index (χ3v) is 4.63. The topological polar surface area (TPSA) is 36.3 Å². The molecule has 2 unspecified atom stereocenters. The molecule has 1 fully saturated rings. The van der Waals surface area contributed by atoms with Crippen molar-refractivity contribution in [2.45, 2.75) is 6.04 Å². The average Bonchev–Trinajstić information content (AvgIpc) is 3.13. The SMILES string of the molecule is N#CC1CON(c2ccc(F)cc2)C1c1ccc(-c2ccccc2)cc1. The van der Waals surface area contributed by atoms with Gasteiger partial charge in [-0.05, 0) is 41.0 Å². The van der Waals surface area contributed by atoms with Crippen molar-refractivity contribution in [1.82, 2.24) is 0 Å². The Morgan fingerprint density at radius 2 is 1.54 bits per heavy atom. The molecular weight excluding hydrogens is 327 g/mol. The standard InChI is InChI=1S/C22H17FN2O/c23-20-10-12-21(13-11-20)25-22(19(14-24)15-26-25)18-8-6-17(7-9-18)16-4-2-1-3-5-16/h1-13,19,22H,15H2. The van der Waals surface area contributed by atoms with E-state index in [1.165, 1.54) is 12.1 Å². The fourth-order valence-electron chi connectivity index (χ4n) is 3.30. The van der Waals surface area contributed by atoms with Crippen LogP contribution in [0.1, 0.15) is 11.6 Å². The first-order chi connectivity index (χ1) is 12.8. The lowest BCUT2D eigenvalue weighted by atomic mass is 9.93. The summed E-state index contributed by atoms with van der Waals surface area (Å²) in [6.45, 7) is 0.318. The number of hydrogen-bond donors (Lipinski definition) is 0. The van der Waals surface area contributed by atoms with Gasteiger partial charge in [0.25, 0.3) is 0 Å². The largest absolute Gasteiger partial charge is 0.271 e. The monoisotopic (exact) mass is 344 g/mol. The molecule has 3 aromatic carbocycles. The van der Waals surface area contributed by atoms with Crippen LogP contribution in [-0.4, -0.2) is 6.61 Å². The first-order valence-electron chi connectivity index (χ1n) is 8.49. The zero-order chi connectivity index (χ0) is 17.9. The summed E-state index contributed by atoms with van der Waals surface area (Å²) in [6.07, 6.45) is 0. The zero-order valence-corrected chi connectivity index (χ0v) is 14.0. The van der Waals surface area contributed by atoms with Gasteiger partial charge in [-0.15, -0.1) is 0 Å². The van der Waals surface area contributed by atoms with Crippen molar-refractivity contribution in [2.24, 2.45) is 5.92 Å². The van der Waals surface area contributed by atoms with Crippen molar-refractivity contribution >= 4 is 5.69 Å². The highest BCUT2D eigenvalue weighted by Gasteiger charge is 2.37. The number of benzene rings is 3. The zero-order valence-electron chi connectivity index (χ0n) is 14.0. The van der Waals surface area contributed by atoms with Crippen molar-refractivity contribution in [2.75, 3.05) is 11.7 Å². The summed E-state index contributed by atoms with van der Waals surface area (Å²) < 4.78 is 13.2. The summed E-state index contributed by atoms with van der Waals surface area (Å²) in [5, 5.41) is 11.2. The molecule has 1 heterocycles. The highest BCUT2D eigenvalue weighted by molar-refractivity contribution is 5.64. The minimum absolute atomic E-state index is 0.227. The predicted molar refractivity (Wildman–Crippen MR) is 98.6 cm³/mol. The number of rotatable bonds is 3. The van der Waals surface area contributed by atoms with Crippen LogP contribution in [0.3, 0.4) is 0 Å². The van der Waals surface area contributed by atoms with E-state index in [4.69, 9.17) is 4.84 Å². The Morgan fingerprint density at radius 1 is 0.885 bits per heavy atom. The predicted octanol–water partition coefficient (Wildman–Crippen LogP) is 5.13. The van der Waals surface area contributed by atoms with Gasteiger partial charge in [-0.1, -0.05) is 54.6 Å². The Balaban J connectivity index is 1.66. The van der Waals surface area contributed by atoms with Gasteiger partial charge < -0.3 is 0 Å². The second-order valence-electron chi connectivity index (χ2n) is 6.27. The molecule has 0 aromatic heterocycles. The molecule has 4 heteroatoms. The number of nitrogens with zero attached hydrogens (tertiary/aromatic N) is 2. The molecule has 26 heavy (non-hydrogen) atoms. The Hall–Kier alpha value is -3.16. The molecule has 3 aromatic rings. The minimum atomic E-state index is -0.298. The second kappa shape index (κ2) is 6.99. The van der Waals surface area contributed by atoms with E-state index < -0.39 is 0 Å². The Bertz CT molecular complexity index is 917. The van der Waals surface area contributed by atoms with E-state index >= 15 is 0 Å². The smallest absolute Gasteiger partial charge is 0.123 e. The van der Waals surface area contributed by atoms with Gasteiger partial charge in [-0.3, -0.25) is 4.84 Å². The van der Waals surface area contributed by atoms with Crippen LogP contribution in [0.2, 0.25) is 0 Å². The molecule has 3 nitrogen and oxygen atoms in total. The van der Waals surface area contributed by atoms with Crippen LogP contribution >= 0.6 is 0 Å². The van der Waals surface area contributed by atoms with Crippen molar-refractivity contribution in [1.29, 1.82) is 5.26 Å². The van der Waals surface area contributed by atoms with E-state index in [-0.39, 0.29) is 17.8 Å². The molecule has 128 valence electrons. The molecule has 1 aliphatic heterocycles. The molecular formula is C22H17FN2O. The van der Waals surface area contributed by atoms with Crippen LogP contribution in [0.4, 0.5) is 10.1 Å². The Labute approximate surface area is 151 Å². The van der Waals surface area contributed by atoms with E-state index in [0.717, 1.165) is 22.4 Å². The van der Waals surface area contributed by atoms with Gasteiger partial charge in [0.05, 0.1) is 30.3 Å². The van der Waals surface area contributed by atoms with Crippen LogP contribution in [0.5, 0.6) is 0 Å². The van der Waals surface area contributed by atoms with Gasteiger partial charge in [-0.2, -0.15) is 5.26 Å². The number of hydrogen-bond acceptors (Lipinski definition) is 3. The minimum Gasteiger partial charge on any atom is -0.271 e. The van der Waals surface area contributed by atoms with Crippen molar-refractivity contribution in [3.05, 3.63) is 90.2 Å². The number of halogens is 1. The highest BCUT2D eigenvalue weighted by Crippen LogP contribution is 2.39. The molecule has 2 atom stereocenters. The molecule has 4 rings (SSSR count). The van der Waals surface area contributed by atoms with Crippen LogP contribution in [-0.2, 0) is 4.84 Å². The molecule has 0 radical (unpaired) electrons. The van der Waals surface area contributed by atoms with Crippen LogP contribution in [0.15, 0.2) is 78.9 Å². The molecule has 0 saturated carbocycles. The normalized spacial score (nSPS) is 19.3. The van der Waals surface area contributed by atoms with E-state index in [2.05, 4.69) is 30.3 Å². The lowest BCUT2D eigenvalue weighted by Crippen LogP contribution is -2.23. The van der Waals surface area contributed by atoms with Crippen molar-refractivity contribution in [3.63, 3.8) is 0 Å². The third-order valence-electron chi connectivity index (χ3n) is 4.63. The fraction of sp³-hybridized carbons (Fsp3) is 0.136. The maximum Gasteiger partial charge on any atom is 0.123 e. The third kappa shape index (κ3) is 3.05. The van der Waals surface area contributed by atoms with Gasteiger partial charge in [0, 0.05) is 0 Å². The van der Waals surface area contributed by atoms with Gasteiger partial charge in [-0.25, -0.2) is 9.45 Å². The first kappa shape index (κ1) is 16.3. The summed E-state index contributed by atoms with van der Waals surface area (Å²) in [7, 11) is 0. The Morgan fingerprint density at radius 3 is 2.19 bits per heavy atom. The summed E-state index contributed by atoms with van der Waals surface area (Å²) in [5.74, 6) is -0.587. The number of anilines is 1. The van der Waals surface area contributed by atoms with E-state index in [1.807, 2.05) is 30.3 Å². The summed E-state index contributed by atoms with van der Waals surface area (Å²) >= 11 is 0. The van der Waals surface area contributed by atoms with Crippen LogP contribution < -0.4 is 5.06 Å². The van der Waals surface area contributed by atoms with Gasteiger partial charge >= 0.3 is 0 Å². The lowest BCUT2D eigenvalue weighted by molar-refractivity contribution is 0.156. The van der Waals surface area contributed by atoms with Gasteiger partial charge in [0.1, 0.15) is 5.82 Å². The quantitative estimate of drug-likeness (QED) is 0.661. The molecule has 1 saturated heterocycles. The molecule has 0 spiro atoms. The maximum absolute atomic E-state index is 13.2. The van der Waals surface area contributed by atoms with E-state index in [9.17, 15) is 9.65 Å². The average molecular weight is 344 g/mol. The summed E-state index contributed by atoms with van der Waals surface area (Å²) in [5.41, 5.74) is 4.00. The fourth-order valence-corrected chi connectivity index (χ4v) is 3.30. The first-order valence-corrected chi connectivity index (χ1v) is 8.49. The van der Waals surface area contributed by atoms with E-state index in [1.54, 1.807) is 17.2 Å². The van der Waals surface area contributed by atoms with E-state index in [0.29, 0.717) is 6.61 Å². The summed E-state index contributed by atoms with van der Waals surface area (Å²) in [4.78, 5) is 5.75. The van der Waals surface area contributed by atoms with Crippen LogP contribution in [0.25, 0.3) is 11.1 Å². The second-order valence-corrected chi connectivity index (χ2v) is 6.27.